The molecule has 1 aromatic rings. The van der Waals surface area contributed by atoms with Crippen LogP contribution in [0, 0.1) is 0 Å². The Hall–Kier alpha value is -0.576. The lowest BCUT2D eigenvalue weighted by molar-refractivity contribution is 0.379. The van der Waals surface area contributed by atoms with Gasteiger partial charge < -0.3 is 27.1 Å². The lowest BCUT2D eigenvalue weighted by Gasteiger charge is -2.20. The van der Waals surface area contributed by atoms with Crippen LogP contribution in [0.4, 0.5) is 0 Å². The van der Waals surface area contributed by atoms with Crippen LogP contribution in [-0.4, -0.2) is 51.3 Å². The minimum Gasteiger partial charge on any atom is -0.555 e. The van der Waals surface area contributed by atoms with E-state index in [1.807, 2.05) is 0 Å². The van der Waals surface area contributed by atoms with E-state index in [2.05, 4.69) is 0 Å². The summed E-state index contributed by atoms with van der Waals surface area (Å²) in [5.41, 5.74) is 0. The van der Waals surface area contributed by atoms with Gasteiger partial charge in [-0.25, -0.2) is 0 Å². The Morgan fingerprint density at radius 3 is 2.28 bits per heavy atom. The minimum absolute atomic E-state index is 0.499. The highest BCUT2D eigenvalue weighted by Gasteiger charge is 2.40. The van der Waals surface area contributed by atoms with Crippen LogP contribution in [-0.2, 0) is 17.5 Å². The van der Waals surface area contributed by atoms with Crippen LogP contribution < -0.4 is 5.19 Å². The number of rotatable bonds is 6. The molecule has 1 atom stereocenters. The van der Waals surface area contributed by atoms with Crippen molar-refractivity contribution in [1.29, 1.82) is 0 Å². The standard InChI is InChI=1S/C7H12O6Si5/c1-18(12,7-5-3-2-4-6-7)13-15(9)17(11)16(10)14-8/h2-6,8,12H,14H2,1H3. The van der Waals surface area contributed by atoms with Gasteiger partial charge in [0, 0.05) is 5.19 Å². The Kier molecular flexibility index (Phi) is 5.63. The summed E-state index contributed by atoms with van der Waals surface area (Å²) < 4.78 is 39.3. The first kappa shape index (κ1) is 15.5. The molecule has 96 valence electrons. The molecule has 0 saturated carbocycles. The summed E-state index contributed by atoms with van der Waals surface area (Å²) in [5, 5.41) is 0.499. The molecule has 0 bridgehead atoms. The largest absolute Gasteiger partial charge is 0.555 e. The van der Waals surface area contributed by atoms with Gasteiger partial charge in [-0.2, -0.15) is 0 Å². The molecular formula is C7H12O6Si5. The Balaban J connectivity index is 2.81. The Bertz CT molecular complexity index is 474. The highest BCUT2D eigenvalue weighted by Crippen LogP contribution is 2.01. The molecule has 0 aliphatic rings. The van der Waals surface area contributed by atoms with E-state index in [0.29, 0.717) is 5.19 Å². The zero-order chi connectivity index (χ0) is 13.8. The molecule has 0 saturated heterocycles. The summed E-state index contributed by atoms with van der Waals surface area (Å²) in [6.07, 6.45) is 0. The summed E-state index contributed by atoms with van der Waals surface area (Å²) >= 11 is 0. The topological polar surface area (TPSA) is 101 Å². The van der Waals surface area contributed by atoms with E-state index in [0.717, 1.165) is 0 Å². The van der Waals surface area contributed by atoms with E-state index in [1.54, 1.807) is 30.3 Å². The maximum absolute atomic E-state index is 11.6. The van der Waals surface area contributed by atoms with E-state index in [1.165, 1.54) is 6.55 Å². The van der Waals surface area contributed by atoms with Crippen molar-refractivity contribution >= 4 is 46.9 Å². The van der Waals surface area contributed by atoms with Crippen molar-refractivity contribution in [2.24, 2.45) is 0 Å². The van der Waals surface area contributed by atoms with Crippen molar-refractivity contribution in [2.45, 2.75) is 6.55 Å². The second-order valence-corrected chi connectivity index (χ2v) is 21.5. The number of benzene rings is 1. The summed E-state index contributed by atoms with van der Waals surface area (Å²) in [5.74, 6) is 0. The molecule has 2 N–H and O–H groups in total. The maximum Gasteiger partial charge on any atom is 0.533 e. The highest BCUT2D eigenvalue weighted by atomic mass is 29.8. The third kappa shape index (κ3) is 3.97. The van der Waals surface area contributed by atoms with Gasteiger partial charge in [-0.3, -0.25) is 0 Å². The molecule has 1 rings (SSSR count). The molecule has 0 aliphatic heterocycles. The lowest BCUT2D eigenvalue weighted by atomic mass is 10.4. The van der Waals surface area contributed by atoms with Crippen molar-refractivity contribution < 1.29 is 27.1 Å². The van der Waals surface area contributed by atoms with Gasteiger partial charge in [-0.05, 0) is 6.55 Å². The fourth-order valence-electron chi connectivity index (χ4n) is 1.22. The van der Waals surface area contributed by atoms with E-state index < -0.39 is 41.7 Å². The molecule has 0 spiro atoms. The second kappa shape index (κ2) is 6.55. The van der Waals surface area contributed by atoms with E-state index >= 15 is 0 Å². The minimum atomic E-state index is -3.39. The number of hydrogen-bond acceptors (Lipinski definition) is 6. The van der Waals surface area contributed by atoms with Crippen LogP contribution in [0.1, 0.15) is 0 Å². The molecule has 18 heavy (non-hydrogen) atoms. The maximum atomic E-state index is 11.6. The molecule has 0 radical (unpaired) electrons. The van der Waals surface area contributed by atoms with Gasteiger partial charge in [0.25, 0.3) is 0 Å². The zero-order valence-corrected chi connectivity index (χ0v) is 15.0. The van der Waals surface area contributed by atoms with Gasteiger partial charge in [0.2, 0.25) is 9.28 Å². The fraction of sp³-hybridized carbons (Fsp3) is 0.143. The summed E-state index contributed by atoms with van der Waals surface area (Å²) in [7, 11) is -13.9. The predicted octanol–water partition coefficient (Wildman–Crippen LogP) is -2.53. The van der Waals surface area contributed by atoms with Crippen LogP contribution >= 0.6 is 0 Å². The highest BCUT2D eigenvalue weighted by molar-refractivity contribution is 7.49. The van der Waals surface area contributed by atoms with E-state index in [4.69, 9.17) is 8.91 Å². The van der Waals surface area contributed by atoms with Crippen molar-refractivity contribution in [3.05, 3.63) is 30.3 Å². The van der Waals surface area contributed by atoms with Crippen LogP contribution in [0.5, 0.6) is 0 Å². The smallest absolute Gasteiger partial charge is 0.533 e. The average Bonchev–Trinajstić information content (AvgIpc) is 2.37. The van der Waals surface area contributed by atoms with E-state index in [9.17, 15) is 18.2 Å². The third-order valence-electron chi connectivity index (χ3n) is 2.18. The molecule has 11 heteroatoms. The number of hydrogen-bond donors (Lipinski definition) is 2. The van der Waals surface area contributed by atoms with Gasteiger partial charge in [0.1, 0.15) is 0 Å². The quantitative estimate of drug-likeness (QED) is 0.557. The third-order valence-corrected chi connectivity index (χ3v) is 23.3. The molecule has 0 aromatic heterocycles. The van der Waals surface area contributed by atoms with Gasteiger partial charge in [-0.1, -0.05) is 30.3 Å². The van der Waals surface area contributed by atoms with Crippen molar-refractivity contribution in [1.82, 2.24) is 0 Å². The van der Waals surface area contributed by atoms with Crippen LogP contribution in [0.2, 0.25) is 6.55 Å². The molecule has 1 unspecified atom stereocenters. The predicted molar refractivity (Wildman–Crippen MR) is 71.1 cm³/mol. The molecule has 0 fully saturated rings. The summed E-state index contributed by atoms with van der Waals surface area (Å²) in [6, 6.07) is 8.41. The monoisotopic (exact) mass is 332 g/mol. The molecule has 0 heterocycles. The fourth-order valence-corrected chi connectivity index (χ4v) is 19.2. The first-order valence-electron chi connectivity index (χ1n) is 5.07. The van der Waals surface area contributed by atoms with Crippen molar-refractivity contribution in [3.8, 4) is 0 Å². The molecule has 0 aliphatic carbocycles. The normalized spacial score (nSPS) is 14.2. The van der Waals surface area contributed by atoms with Gasteiger partial charge >= 0.3 is 32.4 Å². The van der Waals surface area contributed by atoms with Gasteiger partial charge in [0.05, 0.1) is 0 Å². The summed E-state index contributed by atoms with van der Waals surface area (Å²) in [4.78, 5) is 18.9. The van der Waals surface area contributed by atoms with Crippen LogP contribution in [0.15, 0.2) is 30.3 Å². The SMILES string of the molecule is C[Si](O)(O[Si](=O)[Si](=O)[Si](=O)[SiH2]O)c1ccccc1. The Morgan fingerprint density at radius 2 is 1.78 bits per heavy atom. The molecular weight excluding hydrogens is 321 g/mol. The van der Waals surface area contributed by atoms with Crippen LogP contribution in [0.3, 0.4) is 0 Å². The Morgan fingerprint density at radius 1 is 1.22 bits per heavy atom. The van der Waals surface area contributed by atoms with Crippen molar-refractivity contribution in [2.75, 3.05) is 0 Å². The molecule has 1 aromatic carbocycles. The van der Waals surface area contributed by atoms with Crippen LogP contribution in [0.25, 0.3) is 0 Å². The van der Waals surface area contributed by atoms with Gasteiger partial charge in [-0.15, -0.1) is 0 Å². The van der Waals surface area contributed by atoms with Crippen molar-refractivity contribution in [3.63, 3.8) is 0 Å². The average molecular weight is 333 g/mol. The molecule has 6 nitrogen and oxygen atoms in total. The first-order chi connectivity index (χ1) is 8.38. The van der Waals surface area contributed by atoms with E-state index in [-0.39, 0.29) is 0 Å². The van der Waals surface area contributed by atoms with Gasteiger partial charge in [0.15, 0.2) is 0 Å². The Labute approximate surface area is 111 Å². The lowest BCUT2D eigenvalue weighted by Crippen LogP contribution is -2.53. The summed E-state index contributed by atoms with van der Waals surface area (Å²) in [6.45, 7) is 1.41. The zero-order valence-electron chi connectivity index (χ0n) is 9.62. The molecule has 0 amide bonds. The second-order valence-electron chi connectivity index (χ2n) is 3.65. The first-order valence-corrected chi connectivity index (χ1v) is 16.5.